The number of amides is 2. The Hall–Kier alpha value is -2.38. The van der Waals surface area contributed by atoms with Gasteiger partial charge in [0.2, 0.25) is 0 Å². The van der Waals surface area contributed by atoms with E-state index in [1.54, 1.807) is 30.2 Å². The van der Waals surface area contributed by atoms with Crippen LogP contribution in [0.15, 0.2) is 36.4 Å². The van der Waals surface area contributed by atoms with Gasteiger partial charge in [-0.05, 0) is 56.7 Å². The molecule has 0 spiro atoms. The zero-order valence-electron chi connectivity index (χ0n) is 17.1. The highest BCUT2D eigenvalue weighted by molar-refractivity contribution is 6.31. The van der Waals surface area contributed by atoms with Crippen molar-refractivity contribution in [3.8, 4) is 5.75 Å². The van der Waals surface area contributed by atoms with Crippen molar-refractivity contribution in [2.75, 3.05) is 27.2 Å². The quantitative estimate of drug-likeness (QED) is 0.727. The number of hydrogen-bond donors (Lipinski definition) is 1. The van der Waals surface area contributed by atoms with Crippen molar-refractivity contribution in [2.24, 2.45) is 0 Å². The molecule has 1 saturated heterocycles. The van der Waals surface area contributed by atoms with Crippen molar-refractivity contribution >= 4 is 17.6 Å². The molecule has 0 bridgehead atoms. The van der Waals surface area contributed by atoms with Crippen LogP contribution < -0.4 is 10.1 Å². The summed E-state index contributed by atoms with van der Waals surface area (Å²) in [5, 5.41) is 3.38. The molecule has 0 aromatic heterocycles. The number of nitrogens with zero attached hydrogens (tertiary/aromatic N) is 2. The summed E-state index contributed by atoms with van der Waals surface area (Å²) in [5.41, 5.74) is 1.04. The van der Waals surface area contributed by atoms with Crippen LogP contribution in [0.4, 0.5) is 13.6 Å². The molecule has 5 nitrogen and oxygen atoms in total. The second-order valence-electron chi connectivity index (χ2n) is 7.51. The van der Waals surface area contributed by atoms with Crippen LogP contribution in [0.1, 0.15) is 24.0 Å². The van der Waals surface area contributed by atoms with E-state index in [-0.39, 0.29) is 30.7 Å². The predicted octanol–water partition coefficient (Wildman–Crippen LogP) is 4.43. The third-order valence-corrected chi connectivity index (χ3v) is 5.79. The van der Waals surface area contributed by atoms with E-state index in [1.807, 2.05) is 7.05 Å². The van der Waals surface area contributed by atoms with Gasteiger partial charge in [-0.1, -0.05) is 23.7 Å². The highest BCUT2D eigenvalue weighted by Gasteiger charge is 2.28. The fraction of sp³-hybridized carbons (Fsp3) is 0.409. The van der Waals surface area contributed by atoms with Gasteiger partial charge in [-0.15, -0.1) is 0 Å². The number of piperidine rings is 1. The van der Waals surface area contributed by atoms with Crippen LogP contribution in [0.25, 0.3) is 0 Å². The number of methoxy groups -OCH3 is 1. The van der Waals surface area contributed by atoms with Gasteiger partial charge in [-0.25, -0.2) is 13.6 Å². The monoisotopic (exact) mass is 437 g/mol. The van der Waals surface area contributed by atoms with Gasteiger partial charge in [0.05, 0.1) is 13.7 Å². The lowest BCUT2D eigenvalue weighted by atomic mass is 10.0. The summed E-state index contributed by atoms with van der Waals surface area (Å²) in [6, 6.07) is 8.36. The SMILES string of the molecule is COc1ccc(CNC(=O)N(Cc2ccc(F)cc2F)C2CCN(C)CC2)c(Cl)c1. The zero-order chi connectivity index (χ0) is 21.7. The lowest BCUT2D eigenvalue weighted by Gasteiger charge is -2.37. The molecule has 8 heteroatoms. The average molecular weight is 438 g/mol. The van der Waals surface area contributed by atoms with E-state index in [9.17, 15) is 13.6 Å². The van der Waals surface area contributed by atoms with Crippen molar-refractivity contribution in [3.63, 3.8) is 0 Å². The van der Waals surface area contributed by atoms with Gasteiger partial charge in [-0.2, -0.15) is 0 Å². The second kappa shape index (κ2) is 10.1. The Morgan fingerprint density at radius 1 is 1.20 bits per heavy atom. The van der Waals surface area contributed by atoms with Gasteiger partial charge in [0.15, 0.2) is 0 Å². The average Bonchev–Trinajstić information content (AvgIpc) is 2.73. The minimum absolute atomic E-state index is 0.0306. The van der Waals surface area contributed by atoms with Gasteiger partial charge in [0.25, 0.3) is 0 Å². The molecule has 2 aromatic carbocycles. The molecular formula is C22H26ClF2N3O2. The minimum atomic E-state index is -0.654. The molecule has 1 N–H and O–H groups in total. The summed E-state index contributed by atoms with van der Waals surface area (Å²) in [6.07, 6.45) is 1.58. The Kier molecular flexibility index (Phi) is 7.50. The molecule has 1 aliphatic rings. The van der Waals surface area contributed by atoms with E-state index in [2.05, 4.69) is 10.2 Å². The fourth-order valence-electron chi connectivity index (χ4n) is 3.58. The molecule has 0 unspecified atom stereocenters. The molecule has 2 aromatic rings. The Bertz CT molecular complexity index is 889. The zero-order valence-corrected chi connectivity index (χ0v) is 17.9. The number of halogens is 3. The normalized spacial score (nSPS) is 15.1. The summed E-state index contributed by atoms with van der Waals surface area (Å²) in [5.74, 6) is -0.658. The Morgan fingerprint density at radius 3 is 2.53 bits per heavy atom. The number of nitrogens with one attached hydrogen (secondary N) is 1. The molecule has 1 heterocycles. The highest BCUT2D eigenvalue weighted by Crippen LogP contribution is 2.23. The van der Waals surface area contributed by atoms with E-state index in [4.69, 9.17) is 16.3 Å². The molecular weight excluding hydrogens is 412 g/mol. The van der Waals surface area contributed by atoms with Gasteiger partial charge in [-0.3, -0.25) is 0 Å². The Balaban J connectivity index is 1.74. The molecule has 0 radical (unpaired) electrons. The number of carbonyl (C=O) groups is 1. The van der Waals surface area contributed by atoms with E-state index in [0.717, 1.165) is 37.6 Å². The summed E-state index contributed by atoms with van der Waals surface area (Å²) < 4.78 is 32.7. The number of benzene rings is 2. The van der Waals surface area contributed by atoms with Crippen molar-refractivity contribution in [3.05, 3.63) is 64.2 Å². The van der Waals surface area contributed by atoms with Gasteiger partial charge >= 0.3 is 6.03 Å². The standard InChI is InChI=1S/C22H26ClF2N3O2/c1-27-9-7-18(8-10-27)28(14-16-3-5-17(24)11-21(16)25)22(29)26-13-15-4-6-19(30-2)12-20(15)23/h3-6,11-12,18H,7-10,13-14H2,1-2H3,(H,26,29). The molecule has 1 fully saturated rings. The van der Waals surface area contributed by atoms with Crippen LogP contribution in [0, 0.1) is 11.6 Å². The van der Waals surface area contributed by atoms with Crippen LogP contribution >= 0.6 is 11.6 Å². The maximum atomic E-state index is 14.2. The molecule has 0 atom stereocenters. The summed E-state index contributed by atoms with van der Waals surface area (Å²) in [7, 11) is 3.59. The Labute approximate surface area is 180 Å². The van der Waals surface area contributed by atoms with Gasteiger partial charge < -0.3 is 19.9 Å². The number of hydrogen-bond acceptors (Lipinski definition) is 3. The van der Waals surface area contributed by atoms with Crippen molar-refractivity contribution in [1.82, 2.24) is 15.1 Å². The highest BCUT2D eigenvalue weighted by atomic mass is 35.5. The molecule has 0 saturated carbocycles. The van der Waals surface area contributed by atoms with Crippen LogP contribution in [0.5, 0.6) is 5.75 Å². The maximum absolute atomic E-state index is 14.2. The minimum Gasteiger partial charge on any atom is -0.497 e. The predicted molar refractivity (Wildman–Crippen MR) is 113 cm³/mol. The largest absolute Gasteiger partial charge is 0.497 e. The summed E-state index contributed by atoms with van der Waals surface area (Å²) >= 11 is 6.27. The first-order chi connectivity index (χ1) is 14.4. The lowest BCUT2D eigenvalue weighted by Crippen LogP contribution is -2.49. The van der Waals surface area contributed by atoms with E-state index >= 15 is 0 Å². The molecule has 1 aliphatic heterocycles. The van der Waals surface area contributed by atoms with E-state index in [0.29, 0.717) is 10.8 Å². The summed E-state index contributed by atoms with van der Waals surface area (Å²) in [4.78, 5) is 16.9. The number of urea groups is 1. The Morgan fingerprint density at radius 2 is 1.90 bits per heavy atom. The first-order valence-corrected chi connectivity index (χ1v) is 10.2. The lowest BCUT2D eigenvalue weighted by molar-refractivity contribution is 0.126. The third-order valence-electron chi connectivity index (χ3n) is 5.44. The van der Waals surface area contributed by atoms with Crippen LogP contribution in [-0.2, 0) is 13.1 Å². The first kappa shape index (κ1) is 22.3. The number of likely N-dealkylation sites (tertiary alicyclic amines) is 1. The van der Waals surface area contributed by atoms with E-state index in [1.165, 1.54) is 12.1 Å². The van der Waals surface area contributed by atoms with Gasteiger partial charge in [0, 0.05) is 29.2 Å². The van der Waals surface area contributed by atoms with Crippen molar-refractivity contribution in [1.29, 1.82) is 0 Å². The molecule has 0 aliphatic carbocycles. The number of rotatable bonds is 6. The molecule has 162 valence electrons. The molecule has 30 heavy (non-hydrogen) atoms. The fourth-order valence-corrected chi connectivity index (χ4v) is 3.81. The molecule has 3 rings (SSSR count). The van der Waals surface area contributed by atoms with E-state index < -0.39 is 11.6 Å². The van der Waals surface area contributed by atoms with Crippen LogP contribution in [0.3, 0.4) is 0 Å². The third kappa shape index (κ3) is 5.61. The number of ether oxygens (including phenoxy) is 1. The van der Waals surface area contributed by atoms with Crippen LogP contribution in [0.2, 0.25) is 5.02 Å². The van der Waals surface area contributed by atoms with Crippen molar-refractivity contribution in [2.45, 2.75) is 32.0 Å². The van der Waals surface area contributed by atoms with Crippen LogP contribution in [-0.4, -0.2) is 49.1 Å². The number of carbonyl (C=O) groups excluding carboxylic acids is 1. The maximum Gasteiger partial charge on any atom is 0.318 e. The first-order valence-electron chi connectivity index (χ1n) is 9.86. The van der Waals surface area contributed by atoms with Crippen molar-refractivity contribution < 1.29 is 18.3 Å². The smallest absolute Gasteiger partial charge is 0.318 e. The second-order valence-corrected chi connectivity index (χ2v) is 7.92. The topological polar surface area (TPSA) is 44.8 Å². The van der Waals surface area contributed by atoms with Gasteiger partial charge in [0.1, 0.15) is 17.4 Å². The molecule has 2 amide bonds. The summed E-state index contributed by atoms with van der Waals surface area (Å²) in [6.45, 7) is 2.01.